The molecule has 2 fully saturated rings. The van der Waals surface area contributed by atoms with Gasteiger partial charge in [0.2, 0.25) is 5.91 Å². The number of phenolic OH excluding ortho intramolecular Hbond substituents is 1. The fourth-order valence-electron chi connectivity index (χ4n) is 5.84. The molecular weight excluding hydrogens is 412 g/mol. The van der Waals surface area contributed by atoms with Crippen LogP contribution in [0.25, 0.3) is 0 Å². The molecule has 0 spiro atoms. The summed E-state index contributed by atoms with van der Waals surface area (Å²) in [6, 6.07) is 13.8. The zero-order chi connectivity index (χ0) is 22.6. The van der Waals surface area contributed by atoms with Crippen molar-refractivity contribution in [3.8, 4) is 11.5 Å². The van der Waals surface area contributed by atoms with Crippen molar-refractivity contribution in [2.75, 3.05) is 32.8 Å². The number of hydrogen-bond acceptors (Lipinski definition) is 4. The molecule has 1 unspecified atom stereocenters. The molecule has 3 aliphatic rings. The van der Waals surface area contributed by atoms with Crippen LogP contribution in [-0.2, 0) is 11.2 Å². The molecule has 5 rings (SSSR count). The molecule has 1 saturated heterocycles. The predicted molar refractivity (Wildman–Crippen MR) is 130 cm³/mol. The Balaban J connectivity index is 1.35. The molecule has 2 aromatic carbocycles. The molecule has 1 N–H and O–H groups in total. The maximum absolute atomic E-state index is 13.6. The van der Waals surface area contributed by atoms with E-state index in [2.05, 4.69) is 21.9 Å². The highest BCUT2D eigenvalue weighted by Gasteiger charge is 2.35. The molecule has 33 heavy (non-hydrogen) atoms. The van der Waals surface area contributed by atoms with Crippen molar-refractivity contribution in [1.29, 1.82) is 0 Å². The van der Waals surface area contributed by atoms with Crippen LogP contribution in [0.1, 0.15) is 67.7 Å². The van der Waals surface area contributed by atoms with E-state index in [0.29, 0.717) is 24.8 Å². The molecule has 2 aliphatic heterocycles. The molecule has 1 saturated carbocycles. The second kappa shape index (κ2) is 10.2. The number of benzene rings is 2. The van der Waals surface area contributed by atoms with Gasteiger partial charge < -0.3 is 14.7 Å². The van der Waals surface area contributed by atoms with Gasteiger partial charge in [-0.15, -0.1) is 0 Å². The summed E-state index contributed by atoms with van der Waals surface area (Å²) in [5.41, 5.74) is 3.38. The van der Waals surface area contributed by atoms with Crippen LogP contribution in [0.2, 0.25) is 0 Å². The number of carbonyl (C=O) groups excluding carboxylic acids is 1. The van der Waals surface area contributed by atoms with Gasteiger partial charge >= 0.3 is 0 Å². The Morgan fingerprint density at radius 2 is 1.70 bits per heavy atom. The number of likely N-dealkylation sites (tertiary alicyclic amines) is 1. The Bertz CT molecular complexity index is 946. The van der Waals surface area contributed by atoms with Gasteiger partial charge in [-0.1, -0.05) is 37.5 Å². The maximum Gasteiger partial charge on any atom is 0.226 e. The third-order valence-corrected chi connectivity index (χ3v) is 7.66. The van der Waals surface area contributed by atoms with Gasteiger partial charge in [0.1, 0.15) is 18.1 Å². The van der Waals surface area contributed by atoms with Gasteiger partial charge in [0.05, 0.1) is 6.04 Å². The Hall–Kier alpha value is -2.53. The molecule has 5 heteroatoms. The van der Waals surface area contributed by atoms with Crippen LogP contribution in [0.15, 0.2) is 42.5 Å². The molecule has 176 valence electrons. The lowest BCUT2D eigenvalue weighted by atomic mass is 9.84. The van der Waals surface area contributed by atoms with Crippen LogP contribution in [0, 0.1) is 5.92 Å². The van der Waals surface area contributed by atoms with Crippen LogP contribution in [0.3, 0.4) is 0 Å². The summed E-state index contributed by atoms with van der Waals surface area (Å²) in [6.45, 7) is 4.75. The van der Waals surface area contributed by atoms with E-state index in [9.17, 15) is 9.90 Å². The highest BCUT2D eigenvalue weighted by Crippen LogP contribution is 2.39. The van der Waals surface area contributed by atoms with Crippen LogP contribution in [-0.4, -0.2) is 53.6 Å². The van der Waals surface area contributed by atoms with Gasteiger partial charge in [0, 0.05) is 19.0 Å². The molecule has 2 aromatic rings. The first kappa shape index (κ1) is 22.3. The number of hydrogen-bond donors (Lipinski definition) is 1. The van der Waals surface area contributed by atoms with E-state index in [1.54, 1.807) is 6.07 Å². The monoisotopic (exact) mass is 448 g/mol. The normalized spacial score (nSPS) is 21.7. The molecule has 2 heterocycles. The predicted octanol–water partition coefficient (Wildman–Crippen LogP) is 4.92. The maximum atomic E-state index is 13.6. The molecule has 1 aliphatic carbocycles. The Morgan fingerprint density at radius 3 is 2.45 bits per heavy atom. The minimum absolute atomic E-state index is 0.109. The fraction of sp³-hybridized carbons (Fsp3) is 0.536. The van der Waals surface area contributed by atoms with Crippen molar-refractivity contribution in [3.63, 3.8) is 0 Å². The minimum Gasteiger partial charge on any atom is -0.508 e. The molecular formula is C28H36N2O3. The van der Waals surface area contributed by atoms with Crippen molar-refractivity contribution in [2.24, 2.45) is 5.92 Å². The lowest BCUT2D eigenvalue weighted by Crippen LogP contribution is -2.44. The molecule has 1 amide bonds. The summed E-state index contributed by atoms with van der Waals surface area (Å²) in [6.07, 6.45) is 8.95. The summed E-state index contributed by atoms with van der Waals surface area (Å²) < 4.78 is 6.01. The quantitative estimate of drug-likeness (QED) is 0.681. The van der Waals surface area contributed by atoms with E-state index in [1.807, 2.05) is 24.3 Å². The third kappa shape index (κ3) is 5.03. The number of ether oxygens (including phenoxy) is 1. The van der Waals surface area contributed by atoms with E-state index in [-0.39, 0.29) is 12.0 Å². The van der Waals surface area contributed by atoms with Gasteiger partial charge in [0.15, 0.2) is 0 Å². The largest absolute Gasteiger partial charge is 0.508 e. The smallest absolute Gasteiger partial charge is 0.226 e. The number of fused-ring (bicyclic) bond motifs is 1. The van der Waals surface area contributed by atoms with Gasteiger partial charge in [-0.25, -0.2) is 0 Å². The average molecular weight is 449 g/mol. The Kier molecular flexibility index (Phi) is 6.86. The molecule has 0 bridgehead atoms. The molecule has 5 nitrogen and oxygen atoms in total. The standard InChI is InChI=1S/C28H36N2O3/c31-24-10-13-26-23(20-24)14-17-30(28(32)22-6-2-1-3-7-22)27(26)21-8-11-25(12-9-21)33-19-18-29-15-4-5-16-29/h8-13,20,22,27,31H,1-7,14-19H2. The van der Waals surface area contributed by atoms with Crippen molar-refractivity contribution < 1.29 is 14.6 Å². The SMILES string of the molecule is O=C(C1CCCCC1)N1CCc2cc(O)ccc2C1c1ccc(OCCN2CCCC2)cc1. The molecule has 0 radical (unpaired) electrons. The van der Waals surface area contributed by atoms with E-state index < -0.39 is 0 Å². The van der Waals surface area contributed by atoms with Crippen molar-refractivity contribution >= 4 is 5.91 Å². The zero-order valence-electron chi connectivity index (χ0n) is 19.5. The first-order valence-electron chi connectivity index (χ1n) is 12.8. The number of aromatic hydroxyl groups is 1. The Morgan fingerprint density at radius 1 is 0.939 bits per heavy atom. The van der Waals surface area contributed by atoms with Crippen LogP contribution in [0.5, 0.6) is 11.5 Å². The van der Waals surface area contributed by atoms with Crippen molar-refractivity contribution in [3.05, 3.63) is 59.2 Å². The first-order chi connectivity index (χ1) is 16.2. The molecule has 1 atom stereocenters. The number of nitrogens with zero attached hydrogens (tertiary/aromatic N) is 2. The van der Waals surface area contributed by atoms with E-state index in [0.717, 1.165) is 61.1 Å². The van der Waals surface area contributed by atoms with Crippen LogP contribution < -0.4 is 4.74 Å². The second-order valence-corrected chi connectivity index (χ2v) is 9.87. The van der Waals surface area contributed by atoms with Gasteiger partial charge in [-0.3, -0.25) is 9.69 Å². The number of carbonyl (C=O) groups is 1. The second-order valence-electron chi connectivity index (χ2n) is 9.87. The fourth-order valence-corrected chi connectivity index (χ4v) is 5.84. The van der Waals surface area contributed by atoms with E-state index >= 15 is 0 Å². The Labute approximate surface area is 197 Å². The average Bonchev–Trinajstić information content (AvgIpc) is 3.37. The summed E-state index contributed by atoms with van der Waals surface area (Å²) in [5, 5.41) is 10.0. The summed E-state index contributed by atoms with van der Waals surface area (Å²) in [7, 11) is 0. The van der Waals surface area contributed by atoms with Crippen molar-refractivity contribution in [1.82, 2.24) is 9.80 Å². The molecule has 0 aromatic heterocycles. The number of rotatable bonds is 6. The minimum atomic E-state index is -0.109. The zero-order valence-corrected chi connectivity index (χ0v) is 19.5. The highest BCUT2D eigenvalue weighted by atomic mass is 16.5. The highest BCUT2D eigenvalue weighted by molar-refractivity contribution is 5.80. The third-order valence-electron chi connectivity index (χ3n) is 7.66. The van der Waals surface area contributed by atoms with Gasteiger partial charge in [-0.05, 0) is 86.1 Å². The van der Waals surface area contributed by atoms with Gasteiger partial charge in [0.25, 0.3) is 0 Å². The van der Waals surface area contributed by atoms with Gasteiger partial charge in [-0.2, -0.15) is 0 Å². The summed E-state index contributed by atoms with van der Waals surface area (Å²) in [4.78, 5) is 18.1. The number of amides is 1. The van der Waals surface area contributed by atoms with Crippen LogP contribution in [0.4, 0.5) is 0 Å². The number of phenols is 1. The van der Waals surface area contributed by atoms with E-state index in [1.165, 1.54) is 32.4 Å². The summed E-state index contributed by atoms with van der Waals surface area (Å²) >= 11 is 0. The van der Waals surface area contributed by atoms with Crippen LogP contribution >= 0.6 is 0 Å². The van der Waals surface area contributed by atoms with E-state index in [4.69, 9.17) is 4.74 Å². The first-order valence-corrected chi connectivity index (χ1v) is 12.8. The van der Waals surface area contributed by atoms with Crippen molar-refractivity contribution in [2.45, 2.75) is 57.4 Å². The lowest BCUT2D eigenvalue weighted by molar-refractivity contribution is -0.138. The lowest BCUT2D eigenvalue weighted by Gasteiger charge is -2.40. The topological polar surface area (TPSA) is 53.0 Å². The summed E-state index contributed by atoms with van der Waals surface area (Å²) in [5.74, 6) is 1.61.